The molecule has 2 aromatic heterocycles. The van der Waals surface area contributed by atoms with E-state index in [2.05, 4.69) is 75.8 Å². The van der Waals surface area contributed by atoms with Crippen molar-refractivity contribution >= 4 is 33.2 Å². The van der Waals surface area contributed by atoms with Crippen molar-refractivity contribution in [1.29, 1.82) is 0 Å². The summed E-state index contributed by atoms with van der Waals surface area (Å²) in [6, 6.07) is 17.4. The molecule has 1 unspecified atom stereocenters. The van der Waals surface area contributed by atoms with Crippen LogP contribution in [0.15, 0.2) is 58.0 Å². The maximum absolute atomic E-state index is 5.91. The Bertz CT molecular complexity index is 1760. The maximum Gasteiger partial charge on any atom is 0.141 e. The molecule has 4 heterocycles. The molecule has 2 aliphatic rings. The summed E-state index contributed by atoms with van der Waals surface area (Å²) in [6.45, 7) is 10.4. The molecule has 1 atom stereocenters. The molecule has 8 nitrogen and oxygen atoms in total. The Kier molecular flexibility index (Phi) is 6.09. The Morgan fingerprint density at radius 2 is 1.77 bits per heavy atom. The van der Waals surface area contributed by atoms with Gasteiger partial charge in [-0.05, 0) is 49.2 Å². The van der Waals surface area contributed by atoms with Crippen molar-refractivity contribution in [3.63, 3.8) is 0 Å². The average Bonchev–Trinajstić information content (AvgIpc) is 3.50. The van der Waals surface area contributed by atoms with Gasteiger partial charge in [-0.15, -0.1) is 0 Å². The Balaban J connectivity index is 1.38. The van der Waals surface area contributed by atoms with E-state index in [1.54, 1.807) is 7.11 Å². The molecule has 1 fully saturated rings. The smallest absolute Gasteiger partial charge is 0.141 e. The quantitative estimate of drug-likeness (QED) is 0.285. The van der Waals surface area contributed by atoms with Crippen LogP contribution in [0.4, 0.5) is 5.82 Å². The lowest BCUT2D eigenvalue weighted by Crippen LogP contribution is -2.35. The van der Waals surface area contributed by atoms with Crippen molar-refractivity contribution in [2.24, 2.45) is 4.99 Å². The van der Waals surface area contributed by atoms with E-state index in [9.17, 15) is 0 Å². The first-order valence-electron chi connectivity index (χ1n) is 13.8. The summed E-state index contributed by atoms with van der Waals surface area (Å²) < 4.78 is 17.0. The first-order chi connectivity index (χ1) is 19.5. The summed E-state index contributed by atoms with van der Waals surface area (Å²) in [6.07, 6.45) is -0.0775. The molecule has 0 saturated carbocycles. The van der Waals surface area contributed by atoms with Crippen LogP contribution in [0.3, 0.4) is 0 Å². The number of hydrogen-bond donors (Lipinski definition) is 2. The van der Waals surface area contributed by atoms with Gasteiger partial charge in [0.15, 0.2) is 0 Å². The van der Waals surface area contributed by atoms with Gasteiger partial charge in [-0.2, -0.15) is 0 Å². The number of nitrogens with one attached hydrogen (secondary N) is 2. The van der Waals surface area contributed by atoms with E-state index >= 15 is 0 Å². The van der Waals surface area contributed by atoms with Gasteiger partial charge in [0.05, 0.1) is 42.9 Å². The molecule has 0 spiro atoms. The number of nitrogens with zero attached hydrogens (tertiary/aromatic N) is 3. The summed E-state index contributed by atoms with van der Waals surface area (Å²) in [5.74, 6) is 2.50. The van der Waals surface area contributed by atoms with Crippen LogP contribution in [-0.2, 0) is 11.3 Å². The summed E-state index contributed by atoms with van der Waals surface area (Å²) in [4.78, 5) is 11.3. The van der Waals surface area contributed by atoms with E-state index in [0.717, 1.165) is 94.7 Å². The van der Waals surface area contributed by atoms with Crippen molar-refractivity contribution < 1.29 is 14.0 Å². The zero-order chi connectivity index (χ0) is 27.4. The third kappa shape index (κ3) is 4.06. The third-order valence-corrected chi connectivity index (χ3v) is 8.10. The van der Waals surface area contributed by atoms with Gasteiger partial charge in [0.2, 0.25) is 0 Å². The number of benzene rings is 3. The van der Waals surface area contributed by atoms with Crippen LogP contribution in [0.2, 0.25) is 0 Å². The van der Waals surface area contributed by atoms with Gasteiger partial charge in [0, 0.05) is 41.7 Å². The number of aryl methyl sites for hydroxylation is 2. The highest BCUT2D eigenvalue weighted by molar-refractivity contribution is 6.27. The van der Waals surface area contributed by atoms with Gasteiger partial charge >= 0.3 is 0 Å². The van der Waals surface area contributed by atoms with Crippen LogP contribution in [-0.4, -0.2) is 60.3 Å². The van der Waals surface area contributed by atoms with Crippen LogP contribution in [0, 0.1) is 13.8 Å². The van der Waals surface area contributed by atoms with Crippen molar-refractivity contribution in [3.8, 4) is 16.9 Å². The topological polar surface area (TPSA) is 87.9 Å². The summed E-state index contributed by atoms with van der Waals surface area (Å²) in [7, 11) is 1.71. The molecular weight excluding hydrogens is 502 g/mol. The number of H-pyrrole nitrogens is 1. The lowest BCUT2D eigenvalue weighted by Gasteiger charge is -2.27. The molecular formula is C32H33N5O3. The van der Waals surface area contributed by atoms with E-state index in [1.807, 2.05) is 13.8 Å². The minimum absolute atomic E-state index is 0.0775. The van der Waals surface area contributed by atoms with E-state index in [1.165, 1.54) is 16.3 Å². The van der Waals surface area contributed by atoms with Gasteiger partial charge in [-0.3, -0.25) is 9.89 Å². The lowest BCUT2D eigenvalue weighted by atomic mass is 9.91. The van der Waals surface area contributed by atoms with Gasteiger partial charge in [-0.1, -0.05) is 41.6 Å². The van der Waals surface area contributed by atoms with Gasteiger partial charge in [-0.25, -0.2) is 0 Å². The van der Waals surface area contributed by atoms with Crippen molar-refractivity contribution in [2.75, 3.05) is 38.7 Å². The zero-order valence-corrected chi connectivity index (χ0v) is 23.3. The van der Waals surface area contributed by atoms with Gasteiger partial charge in [0.1, 0.15) is 23.5 Å². The standard InChI is InChI=1S/C32H33N5O3/c1-18-29(19(2)40-36-18)26-15-27-25(16-28(26)38-4)30-31(33-20(3)34-32(30)35-27)24-10-9-21(17-37-11-13-39-14-12-37)22-7-5-6-8-23(22)24/h5-10,15-16,20,34-35H,11-14,17H2,1-4H3. The summed E-state index contributed by atoms with van der Waals surface area (Å²) in [5, 5.41) is 11.2. The predicted octanol–water partition coefficient (Wildman–Crippen LogP) is 6.04. The van der Waals surface area contributed by atoms with Crippen LogP contribution >= 0.6 is 0 Å². The van der Waals surface area contributed by atoms with Crippen LogP contribution < -0.4 is 10.1 Å². The molecule has 0 bridgehead atoms. The Labute approximate surface area is 233 Å². The number of methoxy groups -OCH3 is 1. The van der Waals surface area contributed by atoms with E-state index in [4.69, 9.17) is 19.0 Å². The third-order valence-electron chi connectivity index (χ3n) is 8.10. The fourth-order valence-electron chi connectivity index (χ4n) is 6.22. The van der Waals surface area contributed by atoms with Crippen LogP contribution in [0.1, 0.15) is 35.1 Å². The molecule has 204 valence electrons. The number of morpholine rings is 1. The van der Waals surface area contributed by atoms with Crippen LogP contribution in [0.5, 0.6) is 5.75 Å². The first kappa shape index (κ1) is 24.9. The Hall–Kier alpha value is -4.14. The number of aliphatic imine (C=N–C) groups is 1. The zero-order valence-electron chi connectivity index (χ0n) is 23.3. The second kappa shape index (κ2) is 9.80. The minimum atomic E-state index is -0.0775. The number of anilines is 1. The molecule has 2 aliphatic heterocycles. The SMILES string of the molecule is COc1cc2c3c([nH]c2cc1-c1c(C)noc1C)NC(C)N=C3c1ccc(CN2CCOCC2)c2ccccc12. The number of aromatic nitrogens is 2. The number of ether oxygens (including phenoxy) is 2. The number of aromatic amines is 1. The highest BCUT2D eigenvalue weighted by Gasteiger charge is 2.27. The fourth-order valence-corrected chi connectivity index (χ4v) is 6.22. The van der Waals surface area contributed by atoms with Gasteiger partial charge < -0.3 is 24.3 Å². The van der Waals surface area contributed by atoms with E-state index < -0.39 is 0 Å². The average molecular weight is 536 g/mol. The molecule has 0 radical (unpaired) electrons. The van der Waals surface area contributed by atoms with Crippen molar-refractivity contribution in [2.45, 2.75) is 33.5 Å². The predicted molar refractivity (Wildman–Crippen MR) is 159 cm³/mol. The molecule has 0 aliphatic carbocycles. The number of rotatable bonds is 5. The van der Waals surface area contributed by atoms with Gasteiger partial charge in [0.25, 0.3) is 0 Å². The number of fused-ring (bicyclic) bond motifs is 4. The molecule has 3 aromatic carbocycles. The van der Waals surface area contributed by atoms with Crippen molar-refractivity contribution in [3.05, 3.63) is 76.7 Å². The fraction of sp³-hybridized carbons (Fsp3) is 0.312. The second-order valence-corrected chi connectivity index (χ2v) is 10.7. The summed E-state index contributed by atoms with van der Waals surface area (Å²) in [5.41, 5.74) is 8.25. The molecule has 1 saturated heterocycles. The monoisotopic (exact) mass is 535 g/mol. The highest BCUT2D eigenvalue weighted by Crippen LogP contribution is 2.42. The Morgan fingerprint density at radius 3 is 2.52 bits per heavy atom. The van der Waals surface area contributed by atoms with Crippen LogP contribution in [0.25, 0.3) is 32.8 Å². The molecule has 5 aromatic rings. The molecule has 7 rings (SSSR count). The molecule has 0 amide bonds. The molecule has 2 N–H and O–H groups in total. The summed E-state index contributed by atoms with van der Waals surface area (Å²) >= 11 is 0. The highest BCUT2D eigenvalue weighted by atomic mass is 16.5. The number of hydrogen-bond acceptors (Lipinski definition) is 7. The minimum Gasteiger partial charge on any atom is -0.496 e. The molecule has 8 heteroatoms. The Morgan fingerprint density at radius 1 is 0.975 bits per heavy atom. The lowest BCUT2D eigenvalue weighted by molar-refractivity contribution is 0.0344. The maximum atomic E-state index is 5.91. The van der Waals surface area contributed by atoms with E-state index in [0.29, 0.717) is 0 Å². The molecule has 40 heavy (non-hydrogen) atoms. The van der Waals surface area contributed by atoms with E-state index in [-0.39, 0.29) is 6.17 Å². The first-order valence-corrected chi connectivity index (χ1v) is 13.8. The normalized spacial score (nSPS) is 17.6. The second-order valence-electron chi connectivity index (χ2n) is 10.7. The van der Waals surface area contributed by atoms with Crippen molar-refractivity contribution in [1.82, 2.24) is 15.0 Å². The largest absolute Gasteiger partial charge is 0.496 e.